The summed E-state index contributed by atoms with van der Waals surface area (Å²) < 4.78 is 0. The Kier molecular flexibility index (Phi) is 15.6. The van der Waals surface area contributed by atoms with Crippen molar-refractivity contribution in [1.29, 1.82) is 0 Å². The highest BCUT2D eigenvalue weighted by Crippen LogP contribution is 2.64. The molecule has 1 spiro atoms. The number of rotatable bonds is 5. The lowest BCUT2D eigenvalue weighted by molar-refractivity contribution is 0.780. The lowest BCUT2D eigenvalue weighted by Crippen LogP contribution is -2.27. The molecule has 7 aromatic rings. The quantitative estimate of drug-likeness (QED) is 0.152. The summed E-state index contributed by atoms with van der Waals surface area (Å²) in [5.74, 6) is 0. The molecule has 0 saturated carbocycles. The molecule has 0 heteroatoms. The summed E-state index contributed by atoms with van der Waals surface area (Å²) in [6.07, 6.45) is 15.1. The van der Waals surface area contributed by atoms with Crippen LogP contribution in [0, 0.1) is 13.8 Å². The predicted octanol–water partition coefficient (Wildman–Crippen LogP) is 17.6. The van der Waals surface area contributed by atoms with Crippen molar-refractivity contribution in [3.8, 4) is 33.4 Å². The number of allylic oxidation sites excluding steroid dienone is 9. The average molecular weight is 807 g/mol. The van der Waals surface area contributed by atoms with Crippen molar-refractivity contribution >= 4 is 11.1 Å². The van der Waals surface area contributed by atoms with Gasteiger partial charge in [-0.3, -0.25) is 0 Å². The Morgan fingerprint density at radius 2 is 0.968 bits per heavy atom. The molecule has 0 nitrogen and oxygen atoms in total. The maximum absolute atomic E-state index is 3.80. The molecule has 10 rings (SSSR count). The van der Waals surface area contributed by atoms with Crippen LogP contribution in [0.15, 0.2) is 225 Å². The standard InChI is InChI=1S/C32H26.2C13H12.2C2H6/c1-3-4-5-13-22(2)23-17-12-21-30-31(23)26-16-8-11-20-29(26)32(30)27-18-9-6-14-24(27)25-15-7-10-19-28(25)32;2*1-11-7-9-13(10-8-11)12-5-3-2-4-6-12;2*1-2/h3-6,8-14,16-21H,1,7,15H2,2H3;2*2-10H,1H3;2*1-2H3/b5-4-,22-13-;;;;. The zero-order valence-electron chi connectivity index (χ0n) is 37.8. The molecule has 0 aromatic heterocycles. The molecule has 62 heavy (non-hydrogen) atoms. The van der Waals surface area contributed by atoms with Crippen molar-refractivity contribution in [2.45, 2.75) is 66.7 Å². The molecule has 3 aliphatic carbocycles. The lowest BCUT2D eigenvalue weighted by Gasteiger charge is -2.32. The molecule has 0 N–H and O–H groups in total. The molecule has 310 valence electrons. The van der Waals surface area contributed by atoms with Gasteiger partial charge < -0.3 is 0 Å². The van der Waals surface area contributed by atoms with Crippen LogP contribution >= 0.6 is 0 Å². The Morgan fingerprint density at radius 3 is 1.52 bits per heavy atom. The monoisotopic (exact) mass is 806 g/mol. The van der Waals surface area contributed by atoms with Gasteiger partial charge in [-0.05, 0) is 112 Å². The van der Waals surface area contributed by atoms with Crippen molar-refractivity contribution in [2.75, 3.05) is 0 Å². The van der Waals surface area contributed by atoms with E-state index in [1.54, 1.807) is 0 Å². The van der Waals surface area contributed by atoms with E-state index in [0.717, 1.165) is 12.8 Å². The smallest absolute Gasteiger partial charge is 0.0722 e. The SMILES string of the molecule is C=C/C=C\C=C(\C)c1cccc2c1-c1ccccc1C21C2=C(CCC=C2)c2ccccc21.CC.CC.Cc1ccc(-c2ccccc2)cc1.Cc1ccc(-c2ccccc2)cc1. The second-order valence-electron chi connectivity index (χ2n) is 15.3. The zero-order chi connectivity index (χ0) is 43.9. The van der Waals surface area contributed by atoms with Crippen molar-refractivity contribution in [3.63, 3.8) is 0 Å². The molecule has 1 atom stereocenters. The number of hydrogen-bond donors (Lipinski definition) is 0. The summed E-state index contributed by atoms with van der Waals surface area (Å²) in [6.45, 7) is 18.2. The van der Waals surface area contributed by atoms with Gasteiger partial charge in [-0.1, -0.05) is 258 Å². The Labute approximate surface area is 373 Å². The topological polar surface area (TPSA) is 0 Å². The number of hydrogen-bond acceptors (Lipinski definition) is 0. The van der Waals surface area contributed by atoms with Crippen LogP contribution in [0.3, 0.4) is 0 Å². The Morgan fingerprint density at radius 1 is 0.500 bits per heavy atom. The minimum Gasteiger partial charge on any atom is -0.0991 e. The first-order chi connectivity index (χ1) is 30.5. The largest absolute Gasteiger partial charge is 0.0991 e. The van der Waals surface area contributed by atoms with Gasteiger partial charge in [-0.25, -0.2) is 0 Å². The molecule has 0 bridgehead atoms. The van der Waals surface area contributed by atoms with Crippen LogP contribution in [0.4, 0.5) is 0 Å². The van der Waals surface area contributed by atoms with Crippen molar-refractivity contribution in [2.24, 2.45) is 0 Å². The minimum absolute atomic E-state index is 0.220. The van der Waals surface area contributed by atoms with Crippen molar-refractivity contribution in [1.82, 2.24) is 0 Å². The van der Waals surface area contributed by atoms with Gasteiger partial charge in [0.1, 0.15) is 0 Å². The normalized spacial score (nSPS) is 14.9. The van der Waals surface area contributed by atoms with E-state index < -0.39 is 0 Å². The van der Waals surface area contributed by atoms with E-state index in [-0.39, 0.29) is 5.41 Å². The summed E-state index contributed by atoms with van der Waals surface area (Å²) in [7, 11) is 0. The van der Waals surface area contributed by atoms with E-state index >= 15 is 0 Å². The van der Waals surface area contributed by atoms with Gasteiger partial charge >= 0.3 is 0 Å². The van der Waals surface area contributed by atoms with Gasteiger partial charge in [-0.2, -0.15) is 0 Å². The van der Waals surface area contributed by atoms with Crippen LogP contribution in [-0.4, -0.2) is 0 Å². The fourth-order valence-corrected chi connectivity index (χ4v) is 8.87. The van der Waals surface area contributed by atoms with Crippen LogP contribution < -0.4 is 0 Å². The Balaban J connectivity index is 0.000000176. The van der Waals surface area contributed by atoms with Gasteiger partial charge in [-0.15, -0.1) is 0 Å². The highest BCUT2D eigenvalue weighted by Gasteiger charge is 2.52. The van der Waals surface area contributed by atoms with Crippen LogP contribution in [0.2, 0.25) is 0 Å². The zero-order valence-corrected chi connectivity index (χ0v) is 37.8. The van der Waals surface area contributed by atoms with Gasteiger partial charge in [0.05, 0.1) is 5.41 Å². The van der Waals surface area contributed by atoms with E-state index in [4.69, 9.17) is 0 Å². The second kappa shape index (κ2) is 21.7. The molecule has 1 unspecified atom stereocenters. The third kappa shape index (κ3) is 9.26. The number of fused-ring (bicyclic) bond motifs is 9. The van der Waals surface area contributed by atoms with E-state index in [2.05, 4.69) is 215 Å². The van der Waals surface area contributed by atoms with Gasteiger partial charge in [0.2, 0.25) is 0 Å². The molecule has 3 aliphatic rings. The minimum atomic E-state index is -0.220. The maximum Gasteiger partial charge on any atom is 0.0722 e. The first-order valence-corrected chi connectivity index (χ1v) is 22.4. The lowest BCUT2D eigenvalue weighted by atomic mass is 9.69. The molecule has 0 radical (unpaired) electrons. The van der Waals surface area contributed by atoms with Crippen LogP contribution in [0.1, 0.15) is 86.4 Å². The first-order valence-electron chi connectivity index (χ1n) is 22.4. The summed E-state index contributed by atoms with van der Waals surface area (Å²) >= 11 is 0. The predicted molar refractivity (Wildman–Crippen MR) is 272 cm³/mol. The van der Waals surface area contributed by atoms with Gasteiger partial charge in [0.25, 0.3) is 0 Å². The van der Waals surface area contributed by atoms with E-state index in [0.29, 0.717) is 0 Å². The number of benzene rings is 7. The third-order valence-corrected chi connectivity index (χ3v) is 11.6. The first kappa shape index (κ1) is 44.8. The van der Waals surface area contributed by atoms with Gasteiger partial charge in [0.15, 0.2) is 0 Å². The summed E-state index contributed by atoms with van der Waals surface area (Å²) in [6, 6.07) is 63.1. The fraction of sp³-hybridized carbons (Fsp3) is 0.161. The van der Waals surface area contributed by atoms with Crippen molar-refractivity contribution in [3.05, 3.63) is 263 Å². The molecular weight excluding hydrogens is 745 g/mol. The van der Waals surface area contributed by atoms with Crippen LogP contribution in [0.25, 0.3) is 44.5 Å². The maximum atomic E-state index is 3.80. The third-order valence-electron chi connectivity index (χ3n) is 11.6. The molecule has 0 saturated heterocycles. The number of aryl methyl sites for hydroxylation is 2. The summed E-state index contributed by atoms with van der Waals surface area (Å²) in [5, 5.41) is 0. The second-order valence-corrected chi connectivity index (χ2v) is 15.3. The molecule has 0 aliphatic heterocycles. The highest BCUT2D eigenvalue weighted by molar-refractivity contribution is 5.99. The Hall–Kier alpha value is -6.76. The van der Waals surface area contributed by atoms with Crippen molar-refractivity contribution < 1.29 is 0 Å². The molecule has 0 fully saturated rings. The van der Waals surface area contributed by atoms with E-state index in [1.165, 1.54) is 89.0 Å². The fourth-order valence-electron chi connectivity index (χ4n) is 8.87. The van der Waals surface area contributed by atoms with E-state index in [1.807, 2.05) is 52.0 Å². The highest BCUT2D eigenvalue weighted by atomic mass is 14.5. The van der Waals surface area contributed by atoms with E-state index in [9.17, 15) is 0 Å². The molecular formula is C62H62. The molecule has 0 amide bonds. The van der Waals surface area contributed by atoms with Crippen LogP contribution in [0.5, 0.6) is 0 Å². The molecule has 0 heterocycles. The summed E-state index contributed by atoms with van der Waals surface area (Å²) in [4.78, 5) is 0. The molecule has 7 aromatic carbocycles. The van der Waals surface area contributed by atoms with Gasteiger partial charge in [0, 0.05) is 0 Å². The average Bonchev–Trinajstić information content (AvgIpc) is 3.82. The Bertz CT molecular complexity index is 2580. The summed E-state index contributed by atoms with van der Waals surface area (Å²) in [5.41, 5.74) is 21.5. The van der Waals surface area contributed by atoms with Crippen LogP contribution in [-0.2, 0) is 5.41 Å².